The van der Waals surface area contributed by atoms with Gasteiger partial charge in [-0.15, -0.1) is 0 Å². The van der Waals surface area contributed by atoms with E-state index in [1.54, 1.807) is 0 Å². The molecule has 3 heteroatoms. The van der Waals surface area contributed by atoms with Crippen molar-refractivity contribution < 1.29 is 4.79 Å². The van der Waals surface area contributed by atoms with Crippen LogP contribution in [0.5, 0.6) is 0 Å². The first-order valence-corrected chi connectivity index (χ1v) is 3.36. The summed E-state index contributed by atoms with van der Waals surface area (Å²) in [6, 6.07) is 9.24. The number of rotatable bonds is 1. The van der Waals surface area contributed by atoms with Crippen molar-refractivity contribution >= 4 is 21.5 Å². The second-order valence-corrected chi connectivity index (χ2v) is 2.27. The molecule has 0 aliphatic carbocycles. The van der Waals surface area contributed by atoms with Gasteiger partial charge in [-0.2, -0.15) is 0 Å². The lowest BCUT2D eigenvalue weighted by molar-refractivity contribution is 0.269. The summed E-state index contributed by atoms with van der Waals surface area (Å²) in [4.78, 5) is 10.4. The van der Waals surface area contributed by atoms with Crippen molar-refractivity contribution in [3.05, 3.63) is 30.3 Å². The van der Waals surface area contributed by atoms with Crippen LogP contribution in [0.3, 0.4) is 0 Å². The Morgan fingerprint density at radius 1 is 1.30 bits per heavy atom. The zero-order chi connectivity index (χ0) is 7.40. The summed E-state index contributed by atoms with van der Waals surface area (Å²) in [5.41, 5.74) is 0.564. The third-order valence-electron chi connectivity index (χ3n) is 1.03. The van der Waals surface area contributed by atoms with E-state index in [1.165, 1.54) is 0 Å². The van der Waals surface area contributed by atoms with Gasteiger partial charge in [0.25, 0.3) is 0 Å². The largest absolute Gasteiger partial charge is 0.331 e. The number of hydrogen-bond donors (Lipinski definition) is 1. The van der Waals surface area contributed by atoms with Crippen molar-refractivity contribution in [2.24, 2.45) is 0 Å². The number of carbonyl (C=O) groups is 1. The molecular formula is C7H6NOSi. The summed E-state index contributed by atoms with van der Waals surface area (Å²) in [6.45, 7) is 0. The maximum absolute atomic E-state index is 10.4. The van der Waals surface area contributed by atoms with E-state index < -0.39 is 0 Å². The van der Waals surface area contributed by atoms with Crippen LogP contribution in [0.1, 0.15) is 0 Å². The van der Waals surface area contributed by atoms with Gasteiger partial charge in [-0.05, 0) is 12.1 Å². The van der Waals surface area contributed by atoms with Gasteiger partial charge in [-0.3, -0.25) is 4.79 Å². The van der Waals surface area contributed by atoms with Crippen molar-refractivity contribution in [1.29, 1.82) is 0 Å². The van der Waals surface area contributed by atoms with Crippen molar-refractivity contribution in [2.45, 2.75) is 0 Å². The fourth-order valence-electron chi connectivity index (χ4n) is 0.653. The van der Waals surface area contributed by atoms with Gasteiger partial charge in [0.15, 0.2) is 15.8 Å². The molecule has 49 valence electrons. The molecule has 2 nitrogen and oxygen atoms in total. The van der Waals surface area contributed by atoms with E-state index in [0.29, 0.717) is 0 Å². The predicted octanol–water partition coefficient (Wildman–Crippen LogP) is 1.39. The summed E-state index contributed by atoms with van der Waals surface area (Å²) >= 11 is 0. The van der Waals surface area contributed by atoms with Crippen LogP contribution in [-0.4, -0.2) is 15.8 Å². The molecule has 0 atom stereocenters. The van der Waals surface area contributed by atoms with E-state index in [2.05, 4.69) is 15.6 Å². The molecule has 1 aromatic rings. The van der Waals surface area contributed by atoms with Crippen molar-refractivity contribution in [3.8, 4) is 0 Å². The Labute approximate surface area is 62.7 Å². The van der Waals surface area contributed by atoms with Crippen LogP contribution >= 0.6 is 0 Å². The van der Waals surface area contributed by atoms with Crippen LogP contribution in [-0.2, 0) is 0 Å². The third-order valence-corrected chi connectivity index (χ3v) is 1.16. The molecule has 3 radical (unpaired) electrons. The monoisotopic (exact) mass is 148 g/mol. The lowest BCUT2D eigenvalue weighted by Gasteiger charge is -1.98. The highest BCUT2D eigenvalue weighted by Gasteiger charge is 1.90. The lowest BCUT2D eigenvalue weighted by atomic mass is 10.3. The Kier molecular flexibility index (Phi) is 2.23. The highest BCUT2D eigenvalue weighted by molar-refractivity contribution is 6.60. The highest BCUT2D eigenvalue weighted by Crippen LogP contribution is 2.03. The molecule has 0 bridgehead atoms. The number of hydrogen-bond acceptors (Lipinski definition) is 1. The summed E-state index contributed by atoms with van der Waals surface area (Å²) in [5.74, 6) is 0. The standard InChI is InChI=1S/C7H6NOSi/c9-7(10)8-6-4-2-1-3-5-6/h1-5H,(H,8,9). The van der Waals surface area contributed by atoms with Crippen LogP contribution < -0.4 is 5.32 Å². The molecule has 1 N–H and O–H groups in total. The number of carbonyl (C=O) groups excluding carboxylic acids is 1. The zero-order valence-electron chi connectivity index (χ0n) is 5.29. The molecule has 10 heavy (non-hydrogen) atoms. The number of anilines is 1. The first-order valence-electron chi connectivity index (χ1n) is 2.86. The Bertz CT molecular complexity index is 222. The van der Waals surface area contributed by atoms with E-state index in [-0.39, 0.29) is 5.53 Å². The van der Waals surface area contributed by atoms with Gasteiger partial charge in [-0.25, -0.2) is 0 Å². The van der Waals surface area contributed by atoms with Crippen molar-refractivity contribution in [2.75, 3.05) is 5.32 Å². The minimum Gasteiger partial charge on any atom is -0.331 e. The van der Waals surface area contributed by atoms with Crippen LogP contribution in [0.2, 0.25) is 0 Å². The van der Waals surface area contributed by atoms with Gasteiger partial charge in [0, 0.05) is 5.69 Å². The van der Waals surface area contributed by atoms with Gasteiger partial charge in [0.05, 0.1) is 0 Å². The first kappa shape index (κ1) is 7.02. The Morgan fingerprint density at radius 3 is 2.40 bits per heavy atom. The molecule has 1 rings (SSSR count). The molecule has 0 aliphatic heterocycles. The van der Waals surface area contributed by atoms with Gasteiger partial charge >= 0.3 is 0 Å². The fourth-order valence-corrected chi connectivity index (χ4v) is 0.797. The first-order chi connectivity index (χ1) is 4.79. The summed E-state index contributed by atoms with van der Waals surface area (Å²) < 4.78 is 0. The van der Waals surface area contributed by atoms with Crippen molar-refractivity contribution in [1.82, 2.24) is 0 Å². The Morgan fingerprint density at radius 2 is 1.90 bits per heavy atom. The van der Waals surface area contributed by atoms with Gasteiger partial charge in [0.2, 0.25) is 0 Å². The average molecular weight is 148 g/mol. The number of para-hydroxylation sites is 1. The predicted molar refractivity (Wildman–Crippen MR) is 41.2 cm³/mol. The van der Waals surface area contributed by atoms with Gasteiger partial charge < -0.3 is 5.32 Å². The minimum atomic E-state index is -0.230. The zero-order valence-corrected chi connectivity index (χ0v) is 6.29. The maximum Gasteiger partial charge on any atom is 0.189 e. The Hall–Kier alpha value is -1.09. The van der Waals surface area contributed by atoms with E-state index in [0.717, 1.165) is 5.69 Å². The quantitative estimate of drug-likeness (QED) is 0.599. The van der Waals surface area contributed by atoms with Gasteiger partial charge in [0.1, 0.15) is 0 Å². The molecule has 0 heterocycles. The molecule has 0 saturated heterocycles. The molecule has 1 aromatic carbocycles. The molecule has 0 unspecified atom stereocenters. The number of nitrogens with one attached hydrogen (secondary N) is 1. The lowest BCUT2D eigenvalue weighted by Crippen LogP contribution is -2.07. The molecule has 0 saturated carbocycles. The number of amides is 1. The van der Waals surface area contributed by atoms with Gasteiger partial charge in [-0.1, -0.05) is 18.2 Å². The van der Waals surface area contributed by atoms with E-state index >= 15 is 0 Å². The number of benzene rings is 1. The Balaban J connectivity index is 2.67. The second-order valence-electron chi connectivity index (χ2n) is 1.82. The third kappa shape index (κ3) is 2.03. The molecule has 0 fully saturated rings. The SMILES string of the molecule is O=C([Si])Nc1ccccc1. The van der Waals surface area contributed by atoms with Crippen LogP contribution in [0.4, 0.5) is 10.5 Å². The minimum absolute atomic E-state index is 0.230. The molecule has 1 amide bonds. The molecule has 0 aromatic heterocycles. The van der Waals surface area contributed by atoms with E-state index in [1.807, 2.05) is 30.3 Å². The fraction of sp³-hybridized carbons (Fsp3) is 0. The van der Waals surface area contributed by atoms with Crippen LogP contribution in [0.15, 0.2) is 30.3 Å². The maximum atomic E-state index is 10.4. The second kappa shape index (κ2) is 3.17. The normalized spacial score (nSPS) is 8.90. The smallest absolute Gasteiger partial charge is 0.189 e. The van der Waals surface area contributed by atoms with Crippen LogP contribution in [0, 0.1) is 0 Å². The molecule has 0 aliphatic rings. The summed E-state index contributed by atoms with van der Waals surface area (Å²) in [7, 11) is 2.81. The van der Waals surface area contributed by atoms with E-state index in [9.17, 15) is 4.79 Å². The van der Waals surface area contributed by atoms with Crippen molar-refractivity contribution in [3.63, 3.8) is 0 Å². The average Bonchev–Trinajstić information content (AvgIpc) is 1.88. The summed E-state index contributed by atoms with van der Waals surface area (Å²) in [6.07, 6.45) is 0. The van der Waals surface area contributed by atoms with Crippen LogP contribution in [0.25, 0.3) is 0 Å². The summed E-state index contributed by atoms with van der Waals surface area (Å²) in [5, 5.41) is 2.58. The molecule has 0 spiro atoms. The topological polar surface area (TPSA) is 29.1 Å². The highest BCUT2D eigenvalue weighted by atomic mass is 28.1. The molecular weight excluding hydrogens is 142 g/mol. The van der Waals surface area contributed by atoms with E-state index in [4.69, 9.17) is 0 Å².